The van der Waals surface area contributed by atoms with E-state index in [2.05, 4.69) is 4.74 Å². The molecule has 0 heterocycles. The van der Waals surface area contributed by atoms with Crippen molar-refractivity contribution in [1.82, 2.24) is 0 Å². The molecule has 0 radical (unpaired) electrons. The Morgan fingerprint density at radius 2 is 1.44 bits per heavy atom. The fourth-order valence-corrected chi connectivity index (χ4v) is 1.69. The number of para-hydroxylation sites is 1. The van der Waals surface area contributed by atoms with E-state index in [-0.39, 0.29) is 5.75 Å². The second-order valence-electron chi connectivity index (χ2n) is 3.82. The topological polar surface area (TPSA) is 9.23 Å². The molecule has 2 aromatic rings. The highest BCUT2D eigenvalue weighted by Crippen LogP contribution is 2.27. The van der Waals surface area contributed by atoms with Gasteiger partial charge in [0, 0.05) is 6.42 Å². The SMILES string of the molecule is FC(F)(F)Oc1ccccc1Cc1ccccc1. The monoisotopic (exact) mass is 252 g/mol. The smallest absolute Gasteiger partial charge is 0.405 e. The Morgan fingerprint density at radius 3 is 2.11 bits per heavy atom. The van der Waals surface area contributed by atoms with Crippen LogP contribution in [0.2, 0.25) is 0 Å². The van der Waals surface area contributed by atoms with Gasteiger partial charge in [-0.15, -0.1) is 13.2 Å². The number of benzene rings is 2. The third-order valence-electron chi connectivity index (χ3n) is 2.44. The third kappa shape index (κ3) is 3.52. The molecule has 0 aliphatic carbocycles. The van der Waals surface area contributed by atoms with Gasteiger partial charge >= 0.3 is 6.36 Å². The van der Waals surface area contributed by atoms with Crippen LogP contribution in [-0.2, 0) is 6.42 Å². The summed E-state index contributed by atoms with van der Waals surface area (Å²) in [6.45, 7) is 0. The average molecular weight is 252 g/mol. The molecule has 0 bridgehead atoms. The Hall–Kier alpha value is -1.97. The van der Waals surface area contributed by atoms with E-state index in [1.54, 1.807) is 12.1 Å². The molecule has 0 spiro atoms. The number of hydrogen-bond acceptors (Lipinski definition) is 1. The molecular formula is C14H11F3O. The minimum atomic E-state index is -4.66. The van der Waals surface area contributed by atoms with E-state index in [0.717, 1.165) is 5.56 Å². The van der Waals surface area contributed by atoms with Crippen molar-refractivity contribution in [2.75, 3.05) is 0 Å². The second-order valence-corrected chi connectivity index (χ2v) is 3.82. The molecule has 0 amide bonds. The van der Waals surface area contributed by atoms with Gasteiger partial charge in [-0.05, 0) is 17.2 Å². The lowest BCUT2D eigenvalue weighted by Crippen LogP contribution is -2.18. The van der Waals surface area contributed by atoms with Gasteiger partial charge in [-0.2, -0.15) is 0 Å². The molecule has 2 aromatic carbocycles. The minimum Gasteiger partial charge on any atom is -0.405 e. The number of halogens is 3. The minimum absolute atomic E-state index is 0.145. The maximum Gasteiger partial charge on any atom is 0.573 e. The van der Waals surface area contributed by atoms with Crippen molar-refractivity contribution in [2.45, 2.75) is 12.8 Å². The van der Waals surface area contributed by atoms with Crippen molar-refractivity contribution in [3.63, 3.8) is 0 Å². The molecule has 0 aromatic heterocycles. The first-order valence-corrected chi connectivity index (χ1v) is 5.42. The molecule has 2 rings (SSSR count). The Labute approximate surface area is 103 Å². The van der Waals surface area contributed by atoms with Crippen LogP contribution in [0.3, 0.4) is 0 Å². The fourth-order valence-electron chi connectivity index (χ4n) is 1.69. The molecule has 18 heavy (non-hydrogen) atoms. The van der Waals surface area contributed by atoms with Crippen molar-refractivity contribution in [2.24, 2.45) is 0 Å². The maximum absolute atomic E-state index is 12.2. The van der Waals surface area contributed by atoms with E-state index >= 15 is 0 Å². The summed E-state index contributed by atoms with van der Waals surface area (Å²) in [5.74, 6) is -0.145. The standard InChI is InChI=1S/C14H11F3O/c15-14(16,17)18-13-9-5-4-8-12(13)10-11-6-2-1-3-7-11/h1-9H,10H2. The van der Waals surface area contributed by atoms with Crippen LogP contribution in [0.25, 0.3) is 0 Å². The third-order valence-corrected chi connectivity index (χ3v) is 2.44. The molecule has 1 nitrogen and oxygen atoms in total. The maximum atomic E-state index is 12.2. The first kappa shape index (κ1) is 12.5. The number of hydrogen-bond donors (Lipinski definition) is 0. The molecule has 0 aliphatic heterocycles. The normalized spacial score (nSPS) is 11.3. The summed E-state index contributed by atoms with van der Waals surface area (Å²) in [7, 11) is 0. The summed E-state index contributed by atoms with van der Waals surface area (Å²) in [4.78, 5) is 0. The second kappa shape index (κ2) is 5.12. The highest BCUT2D eigenvalue weighted by atomic mass is 19.4. The van der Waals surface area contributed by atoms with Gasteiger partial charge in [-0.1, -0.05) is 48.5 Å². The Morgan fingerprint density at radius 1 is 0.833 bits per heavy atom. The number of rotatable bonds is 3. The summed E-state index contributed by atoms with van der Waals surface area (Å²) in [5.41, 5.74) is 1.46. The van der Waals surface area contributed by atoms with E-state index in [0.29, 0.717) is 12.0 Å². The summed E-state index contributed by atoms with van der Waals surface area (Å²) < 4.78 is 40.7. The lowest BCUT2D eigenvalue weighted by molar-refractivity contribution is -0.274. The fraction of sp³-hybridized carbons (Fsp3) is 0.143. The average Bonchev–Trinajstić information content (AvgIpc) is 2.31. The summed E-state index contributed by atoms with van der Waals surface area (Å²) in [6.07, 6.45) is -4.25. The summed E-state index contributed by atoms with van der Waals surface area (Å²) >= 11 is 0. The van der Waals surface area contributed by atoms with E-state index in [4.69, 9.17) is 0 Å². The van der Waals surface area contributed by atoms with Crippen LogP contribution in [-0.4, -0.2) is 6.36 Å². The molecule has 0 saturated heterocycles. The molecule has 94 valence electrons. The predicted octanol–water partition coefficient (Wildman–Crippen LogP) is 4.18. The first-order valence-electron chi connectivity index (χ1n) is 5.42. The molecule has 0 unspecified atom stereocenters. The van der Waals surface area contributed by atoms with Crippen LogP contribution < -0.4 is 4.74 Å². The van der Waals surface area contributed by atoms with Gasteiger partial charge in [-0.25, -0.2) is 0 Å². The predicted molar refractivity (Wildman–Crippen MR) is 62.4 cm³/mol. The van der Waals surface area contributed by atoms with E-state index < -0.39 is 6.36 Å². The van der Waals surface area contributed by atoms with E-state index in [1.165, 1.54) is 12.1 Å². The van der Waals surface area contributed by atoms with Crippen molar-refractivity contribution in [3.05, 3.63) is 65.7 Å². The zero-order chi connectivity index (χ0) is 13.0. The molecule has 0 atom stereocenters. The molecule has 0 aliphatic rings. The quantitative estimate of drug-likeness (QED) is 0.796. The highest BCUT2D eigenvalue weighted by Gasteiger charge is 2.31. The van der Waals surface area contributed by atoms with Crippen molar-refractivity contribution >= 4 is 0 Å². The lowest BCUT2D eigenvalue weighted by atomic mass is 10.0. The number of ether oxygens (including phenoxy) is 1. The van der Waals surface area contributed by atoms with E-state index in [9.17, 15) is 13.2 Å². The molecular weight excluding hydrogens is 241 g/mol. The molecule has 0 fully saturated rings. The summed E-state index contributed by atoms with van der Waals surface area (Å²) in [6, 6.07) is 15.5. The Bertz CT molecular complexity index is 506. The van der Waals surface area contributed by atoms with Gasteiger partial charge in [0.2, 0.25) is 0 Å². The first-order chi connectivity index (χ1) is 8.54. The van der Waals surface area contributed by atoms with Gasteiger partial charge < -0.3 is 4.74 Å². The highest BCUT2D eigenvalue weighted by molar-refractivity contribution is 5.37. The van der Waals surface area contributed by atoms with Crippen LogP contribution >= 0.6 is 0 Å². The van der Waals surface area contributed by atoms with Crippen molar-refractivity contribution in [1.29, 1.82) is 0 Å². The Kier molecular flexibility index (Phi) is 3.55. The molecule has 4 heteroatoms. The van der Waals surface area contributed by atoms with Crippen LogP contribution in [0.15, 0.2) is 54.6 Å². The van der Waals surface area contributed by atoms with Gasteiger partial charge in [0.25, 0.3) is 0 Å². The van der Waals surface area contributed by atoms with Gasteiger partial charge in [0.05, 0.1) is 0 Å². The van der Waals surface area contributed by atoms with Crippen LogP contribution in [0.1, 0.15) is 11.1 Å². The van der Waals surface area contributed by atoms with Crippen molar-refractivity contribution in [3.8, 4) is 5.75 Å². The zero-order valence-electron chi connectivity index (χ0n) is 9.45. The van der Waals surface area contributed by atoms with Gasteiger partial charge in [-0.3, -0.25) is 0 Å². The van der Waals surface area contributed by atoms with Gasteiger partial charge in [0.15, 0.2) is 0 Å². The van der Waals surface area contributed by atoms with Crippen LogP contribution in [0.4, 0.5) is 13.2 Å². The Balaban J connectivity index is 2.23. The summed E-state index contributed by atoms with van der Waals surface area (Å²) in [5, 5.41) is 0. The zero-order valence-corrected chi connectivity index (χ0v) is 9.45. The van der Waals surface area contributed by atoms with Crippen LogP contribution in [0.5, 0.6) is 5.75 Å². The number of alkyl halides is 3. The largest absolute Gasteiger partial charge is 0.573 e. The van der Waals surface area contributed by atoms with E-state index in [1.807, 2.05) is 30.3 Å². The van der Waals surface area contributed by atoms with Crippen molar-refractivity contribution < 1.29 is 17.9 Å². The lowest BCUT2D eigenvalue weighted by Gasteiger charge is -2.13. The van der Waals surface area contributed by atoms with Gasteiger partial charge in [0.1, 0.15) is 5.75 Å². The molecule has 0 N–H and O–H groups in total. The van der Waals surface area contributed by atoms with Crippen LogP contribution in [0, 0.1) is 0 Å². The molecule has 0 saturated carbocycles.